The number of esters is 1. The molecule has 0 aliphatic carbocycles. The van der Waals surface area contributed by atoms with Crippen molar-refractivity contribution >= 4 is 34.9 Å². The van der Waals surface area contributed by atoms with E-state index < -0.39 is 30.4 Å². The SMILES string of the molecule is Cc1ccc(C#CCCCCCCCCNc2ccc(C(=O)OC(CC(=O)O)C(=O)O)cc2)s1. The monoisotopic (exact) mass is 485 g/mol. The van der Waals surface area contributed by atoms with E-state index in [1.165, 1.54) is 36.3 Å². The van der Waals surface area contributed by atoms with Crippen LogP contribution in [0.15, 0.2) is 36.4 Å². The van der Waals surface area contributed by atoms with Crippen LogP contribution < -0.4 is 5.32 Å². The van der Waals surface area contributed by atoms with Crippen molar-refractivity contribution in [2.75, 3.05) is 11.9 Å². The Morgan fingerprint density at radius 2 is 1.65 bits per heavy atom. The average Bonchev–Trinajstić information content (AvgIpc) is 3.21. The predicted octanol–water partition coefficient (Wildman–Crippen LogP) is 5.34. The van der Waals surface area contributed by atoms with Crippen molar-refractivity contribution in [1.82, 2.24) is 0 Å². The molecule has 0 fully saturated rings. The molecule has 0 amide bonds. The van der Waals surface area contributed by atoms with Gasteiger partial charge in [0.25, 0.3) is 0 Å². The summed E-state index contributed by atoms with van der Waals surface area (Å²) in [7, 11) is 0. The van der Waals surface area contributed by atoms with Crippen LogP contribution in [-0.4, -0.2) is 40.8 Å². The number of rotatable bonds is 14. The Labute approximate surface area is 204 Å². The maximum Gasteiger partial charge on any atom is 0.345 e. The van der Waals surface area contributed by atoms with E-state index >= 15 is 0 Å². The highest BCUT2D eigenvalue weighted by atomic mass is 32.1. The number of carboxylic acid groups (broad SMARTS) is 2. The third-order valence-electron chi connectivity index (χ3n) is 5.01. The summed E-state index contributed by atoms with van der Waals surface area (Å²) in [5.41, 5.74) is 1.01. The van der Waals surface area contributed by atoms with Crippen LogP contribution in [0, 0.1) is 18.8 Å². The van der Waals surface area contributed by atoms with E-state index in [1.807, 2.05) is 0 Å². The molecule has 1 aromatic heterocycles. The fourth-order valence-electron chi connectivity index (χ4n) is 3.19. The number of carboxylic acids is 2. The van der Waals surface area contributed by atoms with Crippen LogP contribution in [0.3, 0.4) is 0 Å². The van der Waals surface area contributed by atoms with Gasteiger partial charge >= 0.3 is 17.9 Å². The van der Waals surface area contributed by atoms with Gasteiger partial charge in [-0.05, 0) is 56.2 Å². The largest absolute Gasteiger partial charge is 0.481 e. The number of carbonyl (C=O) groups is 3. The minimum absolute atomic E-state index is 0.164. The zero-order valence-corrected chi connectivity index (χ0v) is 20.2. The molecule has 0 aliphatic heterocycles. The van der Waals surface area contributed by atoms with Crippen molar-refractivity contribution < 1.29 is 29.3 Å². The summed E-state index contributed by atoms with van der Waals surface area (Å²) in [6, 6.07) is 10.6. The molecule has 0 saturated heterocycles. The van der Waals surface area contributed by atoms with E-state index in [0.29, 0.717) is 0 Å². The van der Waals surface area contributed by atoms with Gasteiger partial charge in [0.15, 0.2) is 0 Å². The lowest BCUT2D eigenvalue weighted by molar-refractivity contribution is -0.153. The molecule has 2 rings (SSSR count). The molecule has 0 saturated carbocycles. The highest BCUT2D eigenvalue weighted by molar-refractivity contribution is 7.12. The average molecular weight is 486 g/mol. The number of anilines is 1. The van der Waals surface area contributed by atoms with Crippen molar-refractivity contribution in [2.45, 2.75) is 64.4 Å². The number of unbranched alkanes of at least 4 members (excludes halogenated alkanes) is 6. The van der Waals surface area contributed by atoms with Gasteiger partial charge < -0.3 is 20.3 Å². The summed E-state index contributed by atoms with van der Waals surface area (Å²) < 4.78 is 4.79. The van der Waals surface area contributed by atoms with Gasteiger partial charge in [0.1, 0.15) is 0 Å². The molecule has 7 nitrogen and oxygen atoms in total. The summed E-state index contributed by atoms with van der Waals surface area (Å²) in [5, 5.41) is 21.0. The van der Waals surface area contributed by atoms with Crippen LogP contribution in [0.5, 0.6) is 0 Å². The molecule has 2 aromatic rings. The number of hydrogen-bond acceptors (Lipinski definition) is 6. The highest BCUT2D eigenvalue weighted by Crippen LogP contribution is 2.15. The van der Waals surface area contributed by atoms with Gasteiger partial charge in [-0.1, -0.05) is 37.5 Å². The lowest BCUT2D eigenvalue weighted by Gasteiger charge is -2.12. The third-order valence-corrected chi connectivity index (χ3v) is 5.93. The molecule has 0 bridgehead atoms. The Bertz CT molecular complexity index is 1000. The zero-order chi connectivity index (χ0) is 24.8. The normalized spacial score (nSPS) is 11.2. The number of hydrogen-bond donors (Lipinski definition) is 3. The first-order chi connectivity index (χ1) is 16.3. The van der Waals surface area contributed by atoms with E-state index in [0.717, 1.165) is 42.8 Å². The maximum atomic E-state index is 12.1. The number of carbonyl (C=O) groups excluding carboxylic acids is 1. The Morgan fingerprint density at radius 1 is 0.971 bits per heavy atom. The number of ether oxygens (including phenoxy) is 1. The number of benzene rings is 1. The molecular formula is C26H31NO6S. The van der Waals surface area contributed by atoms with Gasteiger partial charge in [-0.25, -0.2) is 9.59 Å². The molecule has 3 N–H and O–H groups in total. The van der Waals surface area contributed by atoms with Gasteiger partial charge in [0.05, 0.1) is 16.9 Å². The van der Waals surface area contributed by atoms with E-state index in [2.05, 4.69) is 36.2 Å². The first-order valence-electron chi connectivity index (χ1n) is 11.4. The smallest absolute Gasteiger partial charge is 0.345 e. The minimum atomic E-state index is -1.72. The van der Waals surface area contributed by atoms with Crippen LogP contribution in [0.4, 0.5) is 5.69 Å². The first-order valence-corrected chi connectivity index (χ1v) is 12.2. The second kappa shape index (κ2) is 14.8. The second-order valence-corrected chi connectivity index (χ2v) is 9.21. The Morgan fingerprint density at radius 3 is 2.26 bits per heavy atom. The summed E-state index contributed by atoms with van der Waals surface area (Å²) in [6.07, 6.45) is 5.33. The van der Waals surface area contributed by atoms with Gasteiger partial charge in [-0.3, -0.25) is 4.79 Å². The van der Waals surface area contributed by atoms with Crippen molar-refractivity contribution in [3.8, 4) is 11.8 Å². The molecule has 34 heavy (non-hydrogen) atoms. The Kier molecular flexibility index (Phi) is 11.7. The van der Waals surface area contributed by atoms with Crippen molar-refractivity contribution in [3.05, 3.63) is 51.7 Å². The van der Waals surface area contributed by atoms with Crippen molar-refractivity contribution in [2.24, 2.45) is 0 Å². The maximum absolute atomic E-state index is 12.1. The predicted molar refractivity (Wildman–Crippen MR) is 132 cm³/mol. The van der Waals surface area contributed by atoms with Gasteiger partial charge in [0.2, 0.25) is 6.10 Å². The van der Waals surface area contributed by atoms with E-state index in [1.54, 1.807) is 23.5 Å². The summed E-state index contributed by atoms with van der Waals surface area (Å²) in [4.78, 5) is 36.2. The van der Waals surface area contributed by atoms with Crippen molar-refractivity contribution in [3.63, 3.8) is 0 Å². The highest BCUT2D eigenvalue weighted by Gasteiger charge is 2.25. The molecule has 0 radical (unpaired) electrons. The Hall–Kier alpha value is -3.31. The van der Waals surface area contributed by atoms with Crippen LogP contribution in [-0.2, 0) is 14.3 Å². The third kappa shape index (κ3) is 10.5. The van der Waals surface area contributed by atoms with Gasteiger partial charge in [0, 0.05) is 23.5 Å². The standard InChI is InChI=1S/C26H31NO6S/c1-19-11-16-22(34-19)10-8-6-4-2-3-5-7-9-17-27-21-14-12-20(13-15-21)26(32)33-23(25(30)31)18-24(28)29/h11-16,23,27H,2-7,9,17-18H2,1H3,(H,28,29)(H,30,31). The van der Waals surface area contributed by atoms with Gasteiger partial charge in [-0.15, -0.1) is 11.3 Å². The van der Waals surface area contributed by atoms with E-state index in [-0.39, 0.29) is 5.56 Å². The summed E-state index contributed by atoms with van der Waals surface area (Å²) >= 11 is 1.73. The van der Waals surface area contributed by atoms with Crippen LogP contribution in [0.2, 0.25) is 0 Å². The molecule has 0 aliphatic rings. The second-order valence-electron chi connectivity index (χ2n) is 7.92. The lowest BCUT2D eigenvalue weighted by Crippen LogP contribution is -2.29. The quantitative estimate of drug-likeness (QED) is 0.188. The Balaban J connectivity index is 1.56. The topological polar surface area (TPSA) is 113 Å². The molecule has 1 unspecified atom stereocenters. The fourth-order valence-corrected chi connectivity index (χ4v) is 3.93. The number of aliphatic carboxylic acids is 2. The molecule has 0 spiro atoms. The molecule has 182 valence electrons. The van der Waals surface area contributed by atoms with Crippen molar-refractivity contribution in [1.29, 1.82) is 0 Å². The van der Waals surface area contributed by atoms with E-state index in [4.69, 9.17) is 14.9 Å². The number of nitrogens with one attached hydrogen (secondary N) is 1. The molecular weight excluding hydrogens is 454 g/mol. The zero-order valence-electron chi connectivity index (χ0n) is 19.3. The molecule has 1 heterocycles. The minimum Gasteiger partial charge on any atom is -0.481 e. The lowest BCUT2D eigenvalue weighted by atomic mass is 10.1. The van der Waals surface area contributed by atoms with Crippen LogP contribution >= 0.6 is 11.3 Å². The molecule has 1 aromatic carbocycles. The first kappa shape index (κ1) is 26.9. The van der Waals surface area contributed by atoms with Crippen LogP contribution in [0.1, 0.15) is 71.5 Å². The molecule has 8 heteroatoms. The summed E-state index contributed by atoms with van der Waals surface area (Å²) in [5.74, 6) is 2.75. The molecule has 1 atom stereocenters. The van der Waals surface area contributed by atoms with Gasteiger partial charge in [-0.2, -0.15) is 0 Å². The fraction of sp³-hybridized carbons (Fsp3) is 0.423. The number of aryl methyl sites for hydroxylation is 1. The van der Waals surface area contributed by atoms with Crippen LogP contribution in [0.25, 0.3) is 0 Å². The summed E-state index contributed by atoms with van der Waals surface area (Å²) in [6.45, 7) is 2.91. The number of thiophene rings is 1. The van der Waals surface area contributed by atoms with E-state index in [9.17, 15) is 14.4 Å².